The van der Waals surface area contributed by atoms with Gasteiger partial charge in [-0.25, -0.2) is 15.0 Å². The van der Waals surface area contributed by atoms with E-state index < -0.39 is 0 Å². The monoisotopic (exact) mass is 634 g/mol. The standard InChI is InChI=1S/C43H26N4S/c1-3-12-28(13-4-1)41-44-42(29-14-5-2-6-15-29)46-43(45-41)30-19-22-31(23-20-30)47-34-24-21-27-11-7-8-16-32(27)38(34)40-35(47)25-26-37-39(40)33-17-9-10-18-36(33)48-37/h1-26H/i9D,10D,17D,18D. The normalized spacial score (nSPS) is 12.9. The van der Waals surface area contributed by atoms with E-state index in [1.807, 2.05) is 91.0 Å². The minimum Gasteiger partial charge on any atom is -0.309 e. The summed E-state index contributed by atoms with van der Waals surface area (Å²) in [6.45, 7) is 0. The quantitative estimate of drug-likeness (QED) is 0.193. The van der Waals surface area contributed by atoms with E-state index in [1.165, 1.54) is 11.3 Å². The van der Waals surface area contributed by atoms with Gasteiger partial charge in [0.15, 0.2) is 17.5 Å². The minimum atomic E-state index is -0.220. The Balaban J connectivity index is 1.22. The van der Waals surface area contributed by atoms with Crippen molar-refractivity contribution in [2.24, 2.45) is 0 Å². The molecule has 3 aromatic heterocycles. The predicted octanol–water partition coefficient (Wildman–Crippen LogP) is 11.5. The average molecular weight is 635 g/mol. The number of fused-ring (bicyclic) bond motifs is 9. The molecular weight excluding hydrogens is 605 g/mol. The smallest absolute Gasteiger partial charge is 0.164 e. The second kappa shape index (κ2) is 10.7. The summed E-state index contributed by atoms with van der Waals surface area (Å²) in [6.07, 6.45) is 0. The van der Waals surface area contributed by atoms with Crippen molar-refractivity contribution in [3.05, 3.63) is 158 Å². The molecule has 0 aliphatic carbocycles. The van der Waals surface area contributed by atoms with Crippen molar-refractivity contribution < 1.29 is 5.48 Å². The van der Waals surface area contributed by atoms with Crippen molar-refractivity contribution in [3.8, 4) is 39.9 Å². The fraction of sp³-hybridized carbons (Fsp3) is 0. The molecule has 0 fully saturated rings. The SMILES string of the molecule is [2H]c1c([2H])c([2H])c2c(sc3ccc4c(c32)c2c3ccccc3ccc2n4-c2ccc(-c3nc(-c4ccccc4)nc(-c4ccccc4)n3)cc2)c1[2H]. The van der Waals surface area contributed by atoms with Crippen molar-refractivity contribution in [2.75, 3.05) is 0 Å². The maximum Gasteiger partial charge on any atom is 0.164 e. The summed E-state index contributed by atoms with van der Waals surface area (Å²) in [5.74, 6) is 1.79. The Morgan fingerprint density at radius 1 is 0.458 bits per heavy atom. The fourth-order valence-electron chi connectivity index (χ4n) is 6.82. The van der Waals surface area contributed by atoms with Crippen LogP contribution in [-0.4, -0.2) is 19.5 Å². The molecule has 0 atom stereocenters. The highest BCUT2D eigenvalue weighted by Crippen LogP contribution is 2.45. The van der Waals surface area contributed by atoms with Gasteiger partial charge in [0.2, 0.25) is 0 Å². The number of rotatable bonds is 4. The highest BCUT2D eigenvalue weighted by atomic mass is 32.1. The summed E-state index contributed by atoms with van der Waals surface area (Å²) in [5, 5.41) is 5.63. The van der Waals surface area contributed by atoms with Crippen molar-refractivity contribution in [1.29, 1.82) is 0 Å². The maximum atomic E-state index is 8.98. The molecule has 3 heterocycles. The molecule has 5 heteroatoms. The molecule has 0 aliphatic rings. The number of aromatic nitrogens is 4. The highest BCUT2D eigenvalue weighted by molar-refractivity contribution is 7.26. The summed E-state index contributed by atoms with van der Waals surface area (Å²) in [6, 6.07) is 44.4. The second-order valence-electron chi connectivity index (χ2n) is 11.7. The van der Waals surface area contributed by atoms with Crippen LogP contribution in [0.5, 0.6) is 0 Å². The third kappa shape index (κ3) is 4.18. The van der Waals surface area contributed by atoms with E-state index >= 15 is 0 Å². The van der Waals surface area contributed by atoms with Gasteiger partial charge in [0.05, 0.1) is 16.5 Å². The fourth-order valence-corrected chi connectivity index (χ4v) is 7.84. The van der Waals surface area contributed by atoms with Crippen molar-refractivity contribution in [2.45, 2.75) is 0 Å². The molecule has 10 aromatic rings. The van der Waals surface area contributed by atoms with Gasteiger partial charge < -0.3 is 4.57 Å². The number of thiophene rings is 1. The first-order valence-corrected chi connectivity index (χ1v) is 16.5. The van der Waals surface area contributed by atoms with Crippen LogP contribution in [0.3, 0.4) is 0 Å². The van der Waals surface area contributed by atoms with Gasteiger partial charge in [-0.2, -0.15) is 0 Å². The molecule has 0 aliphatic heterocycles. The average Bonchev–Trinajstić information content (AvgIpc) is 3.76. The first kappa shape index (κ1) is 23.2. The zero-order valence-electron chi connectivity index (χ0n) is 29.4. The van der Waals surface area contributed by atoms with E-state index in [4.69, 9.17) is 20.4 Å². The van der Waals surface area contributed by atoms with E-state index in [-0.39, 0.29) is 24.2 Å². The van der Waals surface area contributed by atoms with Crippen LogP contribution in [-0.2, 0) is 0 Å². The van der Waals surface area contributed by atoms with E-state index in [1.54, 1.807) is 0 Å². The minimum absolute atomic E-state index is 0.00119. The Morgan fingerprint density at radius 2 is 1.04 bits per heavy atom. The molecule has 0 unspecified atom stereocenters. The Morgan fingerprint density at radius 3 is 1.75 bits per heavy atom. The first-order chi connectivity index (χ1) is 25.5. The molecule has 4 nitrogen and oxygen atoms in total. The molecular formula is C43H26N4S. The molecule has 7 aromatic carbocycles. The third-order valence-electron chi connectivity index (χ3n) is 8.98. The van der Waals surface area contributed by atoms with Crippen LogP contribution in [0, 0.1) is 0 Å². The van der Waals surface area contributed by atoms with Crippen LogP contribution >= 0.6 is 11.3 Å². The molecule has 224 valence electrons. The largest absolute Gasteiger partial charge is 0.309 e. The first-order valence-electron chi connectivity index (χ1n) is 17.7. The lowest BCUT2D eigenvalue weighted by Gasteiger charge is -2.11. The zero-order chi connectivity index (χ0) is 35.1. The Labute approximate surface area is 285 Å². The number of nitrogens with zero attached hydrogens (tertiary/aromatic N) is 4. The summed E-state index contributed by atoms with van der Waals surface area (Å²) in [5.41, 5.74) is 5.59. The van der Waals surface area contributed by atoms with Crippen LogP contribution in [0.1, 0.15) is 5.48 Å². The van der Waals surface area contributed by atoms with Gasteiger partial charge in [0.1, 0.15) is 0 Å². The molecule has 0 saturated carbocycles. The van der Waals surface area contributed by atoms with Gasteiger partial charge in [-0.1, -0.05) is 109 Å². The van der Waals surface area contributed by atoms with Gasteiger partial charge in [0, 0.05) is 53.3 Å². The summed E-state index contributed by atoms with van der Waals surface area (Å²) < 4.78 is 38.3. The molecule has 0 radical (unpaired) electrons. The van der Waals surface area contributed by atoms with E-state index in [0.717, 1.165) is 65.0 Å². The number of hydrogen-bond donors (Lipinski definition) is 0. The van der Waals surface area contributed by atoms with Gasteiger partial charge in [-0.05, 0) is 59.3 Å². The third-order valence-corrected chi connectivity index (χ3v) is 10.1. The lowest BCUT2D eigenvalue weighted by molar-refractivity contribution is 1.07. The van der Waals surface area contributed by atoms with Crippen molar-refractivity contribution >= 4 is 64.1 Å². The van der Waals surface area contributed by atoms with E-state index in [9.17, 15) is 0 Å². The Hall–Kier alpha value is -6.17. The summed E-state index contributed by atoms with van der Waals surface area (Å²) in [7, 11) is 0. The molecule has 10 rings (SSSR count). The van der Waals surface area contributed by atoms with E-state index in [2.05, 4.69) is 47.0 Å². The molecule has 0 N–H and O–H groups in total. The summed E-state index contributed by atoms with van der Waals surface area (Å²) >= 11 is 1.42. The van der Waals surface area contributed by atoms with Crippen LogP contribution in [0.2, 0.25) is 0 Å². The number of benzene rings is 7. The van der Waals surface area contributed by atoms with Crippen LogP contribution < -0.4 is 0 Å². The lowest BCUT2D eigenvalue weighted by atomic mass is 10.0. The molecule has 0 amide bonds. The molecule has 0 bridgehead atoms. The van der Waals surface area contributed by atoms with Crippen LogP contribution in [0.4, 0.5) is 0 Å². The van der Waals surface area contributed by atoms with Crippen LogP contribution in [0.25, 0.3) is 92.6 Å². The predicted molar refractivity (Wildman–Crippen MR) is 201 cm³/mol. The topological polar surface area (TPSA) is 43.6 Å². The highest BCUT2D eigenvalue weighted by Gasteiger charge is 2.20. The Kier molecular flexibility index (Phi) is 5.17. The van der Waals surface area contributed by atoms with Gasteiger partial charge in [-0.3, -0.25) is 0 Å². The van der Waals surface area contributed by atoms with Crippen molar-refractivity contribution in [3.63, 3.8) is 0 Å². The van der Waals surface area contributed by atoms with E-state index in [0.29, 0.717) is 27.6 Å². The molecule has 0 spiro atoms. The van der Waals surface area contributed by atoms with Crippen molar-refractivity contribution in [1.82, 2.24) is 19.5 Å². The van der Waals surface area contributed by atoms with Gasteiger partial charge in [-0.15, -0.1) is 11.3 Å². The number of hydrogen-bond acceptors (Lipinski definition) is 4. The Bertz CT molecular complexity index is 2990. The summed E-state index contributed by atoms with van der Waals surface area (Å²) in [4.78, 5) is 14.7. The molecule has 0 saturated heterocycles. The molecule has 48 heavy (non-hydrogen) atoms. The maximum absolute atomic E-state index is 8.98. The van der Waals surface area contributed by atoms with Gasteiger partial charge in [0.25, 0.3) is 0 Å². The lowest BCUT2D eigenvalue weighted by Crippen LogP contribution is -2.00. The zero-order valence-corrected chi connectivity index (χ0v) is 26.2. The second-order valence-corrected chi connectivity index (χ2v) is 12.8. The van der Waals surface area contributed by atoms with Gasteiger partial charge >= 0.3 is 0 Å². The van der Waals surface area contributed by atoms with Crippen LogP contribution in [0.15, 0.2) is 158 Å².